The number of anilines is 2. The first kappa shape index (κ1) is 24.5. The van der Waals surface area contributed by atoms with Crippen LogP contribution in [0, 0.1) is 5.21 Å². The van der Waals surface area contributed by atoms with Gasteiger partial charge in [0.05, 0.1) is 0 Å². The molecule has 14 heteroatoms. The summed E-state index contributed by atoms with van der Waals surface area (Å²) in [7, 11) is 0. The van der Waals surface area contributed by atoms with Crippen LogP contribution in [0.25, 0.3) is 0 Å². The number of benzene rings is 1. The molecule has 34 heavy (non-hydrogen) atoms. The number of carbonyl (C=O) groups is 3. The van der Waals surface area contributed by atoms with E-state index in [9.17, 15) is 34.6 Å². The van der Waals surface area contributed by atoms with Gasteiger partial charge in [0.1, 0.15) is 11.6 Å². The Morgan fingerprint density at radius 3 is 2.47 bits per heavy atom. The molecule has 1 amide bonds. The van der Waals surface area contributed by atoms with Crippen molar-refractivity contribution >= 4 is 29.6 Å². The number of carboxylic acid groups (broad SMARTS) is 2. The van der Waals surface area contributed by atoms with Crippen molar-refractivity contribution in [2.45, 2.75) is 43.6 Å². The van der Waals surface area contributed by atoms with Crippen LogP contribution in [0.15, 0.2) is 29.1 Å². The van der Waals surface area contributed by atoms with E-state index in [1.165, 1.54) is 24.3 Å². The van der Waals surface area contributed by atoms with E-state index >= 15 is 0 Å². The summed E-state index contributed by atoms with van der Waals surface area (Å²) in [5.74, 6) is -4.11. The molecule has 1 aliphatic rings. The highest BCUT2D eigenvalue weighted by molar-refractivity contribution is 5.96. The van der Waals surface area contributed by atoms with Gasteiger partial charge in [0.15, 0.2) is 11.8 Å². The molecular formula is C20H23N5O9. The number of aryl methyl sites for hydroxylation is 1. The standard InChI is InChI=1S/C20H23N5O9/c21-19-24-16(29)13-14(25(19)34)23-18(32)20(13,33)8-7-9-1-3-10(4-2-9)15(28)22-11(17(30)31)5-6-12(26)27/h1-4,11,18,23,32-33H,5-8H2,(H,22,28)(H,26,27)(H,30,31)(H3,21,24,29)/t11-,18?,20?/m1/s1. The van der Waals surface area contributed by atoms with E-state index in [4.69, 9.17) is 15.9 Å². The Hall–Kier alpha value is -4.17. The molecule has 0 spiro atoms. The van der Waals surface area contributed by atoms with E-state index in [1.54, 1.807) is 0 Å². The molecule has 2 heterocycles. The number of aliphatic carboxylic acids is 2. The van der Waals surface area contributed by atoms with E-state index in [0.717, 1.165) is 0 Å². The molecule has 0 saturated carbocycles. The van der Waals surface area contributed by atoms with Crippen LogP contribution in [-0.4, -0.2) is 55.5 Å². The third kappa shape index (κ3) is 4.77. The summed E-state index contributed by atoms with van der Waals surface area (Å²) in [6.45, 7) is 0. The number of H-pyrrole nitrogens is 1. The van der Waals surface area contributed by atoms with Crippen molar-refractivity contribution in [2.75, 3.05) is 11.1 Å². The zero-order valence-electron chi connectivity index (χ0n) is 17.6. The number of hydrogen-bond donors (Lipinski definition) is 8. The number of amides is 1. The Balaban J connectivity index is 1.70. The summed E-state index contributed by atoms with van der Waals surface area (Å²) >= 11 is 0. The Morgan fingerprint density at radius 2 is 1.88 bits per heavy atom. The number of nitrogen functional groups attached to an aromatic ring is 1. The van der Waals surface area contributed by atoms with Crippen molar-refractivity contribution in [1.82, 2.24) is 10.3 Å². The number of hydrogen-bond acceptors (Lipinski definition) is 9. The summed E-state index contributed by atoms with van der Waals surface area (Å²) in [6, 6.07) is 4.50. The van der Waals surface area contributed by atoms with Gasteiger partial charge in [-0.2, -0.15) is 0 Å². The van der Waals surface area contributed by atoms with Crippen LogP contribution in [0.2, 0.25) is 0 Å². The predicted octanol–water partition coefficient (Wildman–Crippen LogP) is -1.80. The SMILES string of the molecule is Nc1[nH]c(=O)c2c([n+]1[O-])NC(O)C2(O)CCc1ccc(C(=O)N[C@H](CCC(=O)O)C(=O)O)cc1. The molecule has 0 radical (unpaired) electrons. The lowest BCUT2D eigenvalue weighted by Crippen LogP contribution is -2.42. The molecule has 0 bridgehead atoms. The van der Waals surface area contributed by atoms with Crippen molar-refractivity contribution in [3.8, 4) is 0 Å². The maximum Gasteiger partial charge on any atom is 0.326 e. The number of carbonyl (C=O) groups excluding carboxylic acids is 1. The lowest BCUT2D eigenvalue weighted by molar-refractivity contribution is -0.577. The Kier molecular flexibility index (Phi) is 6.74. The van der Waals surface area contributed by atoms with E-state index in [-0.39, 0.29) is 40.9 Å². The summed E-state index contributed by atoms with van der Waals surface area (Å²) in [4.78, 5) is 48.6. The van der Waals surface area contributed by atoms with Crippen LogP contribution in [0.5, 0.6) is 0 Å². The summed E-state index contributed by atoms with van der Waals surface area (Å²) in [5.41, 5.74) is 2.88. The third-order valence-electron chi connectivity index (χ3n) is 5.55. The lowest BCUT2D eigenvalue weighted by Gasteiger charge is -2.24. The topological polar surface area (TPSA) is 242 Å². The first-order chi connectivity index (χ1) is 15.9. The molecular weight excluding hydrogens is 454 g/mol. The summed E-state index contributed by atoms with van der Waals surface area (Å²) < 4.78 is 0.159. The summed E-state index contributed by atoms with van der Waals surface area (Å²) in [6.07, 6.45) is -2.38. The minimum absolute atomic E-state index is 0.122. The van der Waals surface area contributed by atoms with Crippen molar-refractivity contribution in [1.29, 1.82) is 0 Å². The predicted molar refractivity (Wildman–Crippen MR) is 114 cm³/mol. The number of aliphatic hydroxyl groups is 2. The average molecular weight is 477 g/mol. The zero-order chi connectivity index (χ0) is 25.2. The maximum atomic E-state index is 12.3. The lowest BCUT2D eigenvalue weighted by atomic mass is 9.89. The minimum atomic E-state index is -2.09. The zero-order valence-corrected chi connectivity index (χ0v) is 17.6. The number of rotatable bonds is 9. The average Bonchev–Trinajstić information content (AvgIpc) is 3.04. The second kappa shape index (κ2) is 9.36. The van der Waals surface area contributed by atoms with Gasteiger partial charge in [0.25, 0.3) is 5.91 Å². The second-order valence-corrected chi connectivity index (χ2v) is 7.82. The van der Waals surface area contributed by atoms with Crippen LogP contribution in [0.3, 0.4) is 0 Å². The Bertz CT molecular complexity index is 1180. The normalized spacial score (nSPS) is 19.6. The van der Waals surface area contributed by atoms with Gasteiger partial charge < -0.3 is 36.7 Å². The molecule has 2 unspecified atom stereocenters. The molecule has 3 atom stereocenters. The number of carboxylic acids is 2. The van der Waals surface area contributed by atoms with E-state index < -0.39 is 53.6 Å². The van der Waals surface area contributed by atoms with Gasteiger partial charge in [-0.15, -0.1) is 0 Å². The van der Waals surface area contributed by atoms with Gasteiger partial charge in [-0.25, -0.2) is 14.5 Å². The number of aromatic amines is 1. The van der Waals surface area contributed by atoms with E-state index in [2.05, 4.69) is 15.6 Å². The highest BCUT2D eigenvalue weighted by Gasteiger charge is 2.51. The fourth-order valence-electron chi connectivity index (χ4n) is 3.66. The maximum absolute atomic E-state index is 12.3. The number of aromatic nitrogens is 2. The largest absolute Gasteiger partial charge is 0.754 e. The van der Waals surface area contributed by atoms with Crippen molar-refractivity contribution in [3.63, 3.8) is 0 Å². The molecule has 1 aromatic heterocycles. The molecule has 0 fully saturated rings. The molecule has 182 valence electrons. The highest BCUT2D eigenvalue weighted by atomic mass is 16.5. The molecule has 9 N–H and O–H groups in total. The first-order valence-corrected chi connectivity index (χ1v) is 10.1. The van der Waals surface area contributed by atoms with Crippen LogP contribution in [-0.2, 0) is 21.6 Å². The van der Waals surface area contributed by atoms with Crippen molar-refractivity contribution in [2.24, 2.45) is 0 Å². The van der Waals surface area contributed by atoms with Gasteiger partial charge in [0.2, 0.25) is 5.82 Å². The minimum Gasteiger partial charge on any atom is -0.754 e. The molecule has 0 aliphatic carbocycles. The van der Waals surface area contributed by atoms with Crippen LogP contribution in [0.1, 0.15) is 40.7 Å². The first-order valence-electron chi connectivity index (χ1n) is 10.1. The Labute approximate surface area is 191 Å². The third-order valence-corrected chi connectivity index (χ3v) is 5.55. The van der Waals surface area contributed by atoms with E-state index in [1.807, 2.05) is 0 Å². The molecule has 1 aliphatic heterocycles. The fraction of sp³-hybridized carbons (Fsp3) is 0.350. The quantitative estimate of drug-likeness (QED) is 0.148. The number of aliphatic hydroxyl groups excluding tert-OH is 1. The molecule has 0 saturated heterocycles. The van der Waals surface area contributed by atoms with Crippen LogP contribution >= 0.6 is 0 Å². The molecule has 14 nitrogen and oxygen atoms in total. The molecule has 1 aromatic carbocycles. The van der Waals surface area contributed by atoms with Crippen molar-refractivity contribution < 1.29 is 39.5 Å². The molecule has 3 rings (SSSR count). The van der Waals surface area contributed by atoms with Gasteiger partial charge in [-0.05, 0) is 37.0 Å². The number of nitrogens with two attached hydrogens (primary N) is 1. The van der Waals surface area contributed by atoms with Crippen molar-refractivity contribution in [3.05, 3.63) is 56.5 Å². The van der Waals surface area contributed by atoms with Gasteiger partial charge in [-0.3, -0.25) is 19.7 Å². The van der Waals surface area contributed by atoms with Crippen LogP contribution in [0.4, 0.5) is 11.8 Å². The number of nitrogens with one attached hydrogen (secondary N) is 3. The highest BCUT2D eigenvalue weighted by Crippen LogP contribution is 2.37. The smallest absolute Gasteiger partial charge is 0.326 e. The number of nitrogens with zero attached hydrogens (tertiary/aromatic N) is 1. The van der Waals surface area contributed by atoms with Crippen LogP contribution < -0.4 is 26.7 Å². The van der Waals surface area contributed by atoms with Gasteiger partial charge in [0, 0.05) is 12.0 Å². The fourth-order valence-corrected chi connectivity index (χ4v) is 3.66. The van der Waals surface area contributed by atoms with E-state index in [0.29, 0.717) is 5.56 Å². The van der Waals surface area contributed by atoms with Gasteiger partial charge >= 0.3 is 23.4 Å². The second-order valence-electron chi connectivity index (χ2n) is 7.82. The summed E-state index contributed by atoms with van der Waals surface area (Å²) in [5, 5.41) is 55.8. The number of fused-ring (bicyclic) bond motifs is 1. The molecule has 2 aromatic rings. The van der Waals surface area contributed by atoms with Gasteiger partial charge in [-0.1, -0.05) is 12.1 Å². The monoisotopic (exact) mass is 477 g/mol. The Morgan fingerprint density at radius 1 is 1.24 bits per heavy atom.